The molecule has 0 aliphatic heterocycles. The van der Waals surface area contributed by atoms with E-state index >= 15 is 0 Å². The van der Waals surface area contributed by atoms with Crippen molar-refractivity contribution in [1.29, 1.82) is 5.41 Å². The van der Waals surface area contributed by atoms with Crippen LogP contribution in [0.4, 0.5) is 5.69 Å². The van der Waals surface area contributed by atoms with Crippen LogP contribution in [0.25, 0.3) is 11.0 Å². The van der Waals surface area contributed by atoms with Gasteiger partial charge >= 0.3 is 5.97 Å². The number of benzene rings is 5. The highest BCUT2D eigenvalue weighted by Gasteiger charge is 2.37. The molecule has 6 aromatic rings. The fraction of sp³-hybridized carbons (Fsp3) is 0.0857. The van der Waals surface area contributed by atoms with E-state index in [-0.39, 0.29) is 16.3 Å². The number of fused-ring (bicyclic) bond motifs is 1. The number of anilines is 1. The highest BCUT2D eigenvalue weighted by atomic mass is 35.5. The molecule has 43 heavy (non-hydrogen) atoms. The number of esters is 1. The molecule has 212 valence electrons. The van der Waals surface area contributed by atoms with Crippen LogP contribution in [0.1, 0.15) is 38.2 Å². The van der Waals surface area contributed by atoms with Crippen molar-refractivity contribution >= 4 is 40.0 Å². The molecule has 0 spiro atoms. The molecule has 0 bridgehead atoms. The van der Waals surface area contributed by atoms with Crippen molar-refractivity contribution in [2.45, 2.75) is 5.54 Å². The number of aromatic nitrogens is 3. The summed E-state index contributed by atoms with van der Waals surface area (Å²) in [7, 11) is 3.12. The molecule has 2 N–H and O–H groups in total. The predicted molar refractivity (Wildman–Crippen MR) is 170 cm³/mol. The van der Waals surface area contributed by atoms with E-state index in [2.05, 4.69) is 52.0 Å². The molecule has 7 nitrogen and oxygen atoms in total. The summed E-state index contributed by atoms with van der Waals surface area (Å²) in [5, 5.41) is 21.7. The van der Waals surface area contributed by atoms with E-state index in [1.54, 1.807) is 23.9 Å². The Morgan fingerprint density at radius 2 is 1.37 bits per heavy atom. The maximum Gasteiger partial charge on any atom is 0.339 e. The number of carbonyl (C=O) groups is 1. The average molecular weight is 586 g/mol. The first-order valence-corrected chi connectivity index (χ1v) is 14.1. The molecular formula is C35H28ClN5O2. The number of ether oxygens (including phenoxy) is 1. The summed E-state index contributed by atoms with van der Waals surface area (Å²) in [6.07, 6.45) is 0. The zero-order valence-corrected chi connectivity index (χ0v) is 24.3. The van der Waals surface area contributed by atoms with E-state index in [0.29, 0.717) is 16.8 Å². The number of methoxy groups -OCH3 is 1. The standard InChI is InChI=1S/C35H28ClN5O2/c1-41-32-20-23(18-19-30(32)39-40-41)33(37)28-21-27(34(42)43-2)29(36)22-31(28)38-35(24-12-6-3-7-13-24,25-14-8-4-9-15-25)26-16-10-5-11-17-26/h3-22,37-38H,1-2H3. The molecule has 0 atom stereocenters. The molecule has 0 amide bonds. The summed E-state index contributed by atoms with van der Waals surface area (Å²) in [6.45, 7) is 0. The maximum atomic E-state index is 12.8. The van der Waals surface area contributed by atoms with E-state index in [9.17, 15) is 10.2 Å². The van der Waals surface area contributed by atoms with Gasteiger partial charge in [-0.2, -0.15) is 0 Å². The predicted octanol–water partition coefficient (Wildman–Crippen LogP) is 7.23. The fourth-order valence-corrected chi connectivity index (χ4v) is 5.72. The second-order valence-corrected chi connectivity index (χ2v) is 10.5. The summed E-state index contributed by atoms with van der Waals surface area (Å²) < 4.78 is 6.70. The zero-order chi connectivity index (χ0) is 30.0. The number of rotatable bonds is 8. The number of halogens is 1. The molecule has 1 heterocycles. The third kappa shape index (κ3) is 5.04. The van der Waals surface area contributed by atoms with Gasteiger partial charge in [-0.25, -0.2) is 9.48 Å². The zero-order valence-electron chi connectivity index (χ0n) is 23.6. The Labute approximate surface area is 254 Å². The van der Waals surface area contributed by atoms with Crippen molar-refractivity contribution in [3.63, 3.8) is 0 Å². The Balaban J connectivity index is 1.62. The lowest BCUT2D eigenvalue weighted by Crippen LogP contribution is -2.38. The molecule has 8 heteroatoms. The lowest BCUT2D eigenvalue weighted by molar-refractivity contribution is 0.0601. The Morgan fingerprint density at radius 1 is 0.814 bits per heavy atom. The number of hydrogen-bond acceptors (Lipinski definition) is 6. The molecule has 0 saturated heterocycles. The quantitative estimate of drug-likeness (QED) is 0.112. The molecule has 0 aliphatic carbocycles. The van der Waals surface area contributed by atoms with E-state index in [1.165, 1.54) is 7.11 Å². The minimum Gasteiger partial charge on any atom is -0.465 e. The summed E-state index contributed by atoms with van der Waals surface area (Å²) >= 11 is 6.75. The van der Waals surface area contributed by atoms with E-state index in [4.69, 9.17) is 16.3 Å². The Bertz CT molecular complexity index is 1840. The van der Waals surface area contributed by atoms with Crippen LogP contribution in [0, 0.1) is 5.41 Å². The Hall–Kier alpha value is -5.27. The van der Waals surface area contributed by atoms with Gasteiger partial charge in [0.05, 0.1) is 28.9 Å². The van der Waals surface area contributed by atoms with Gasteiger partial charge in [-0.15, -0.1) is 5.10 Å². The monoisotopic (exact) mass is 585 g/mol. The van der Waals surface area contributed by atoms with Gasteiger partial charge in [0, 0.05) is 23.9 Å². The van der Waals surface area contributed by atoms with Crippen LogP contribution in [-0.2, 0) is 17.3 Å². The van der Waals surface area contributed by atoms with Crippen molar-refractivity contribution in [3.8, 4) is 0 Å². The SMILES string of the molecule is COC(=O)c1cc(C(=N)c2ccc3nnn(C)c3c2)c(NC(c2ccccc2)(c2ccccc2)c2ccccc2)cc1Cl. The molecule has 0 saturated carbocycles. The number of nitrogens with one attached hydrogen (secondary N) is 2. The highest BCUT2D eigenvalue weighted by Crippen LogP contribution is 2.42. The Kier molecular flexibility index (Phi) is 7.49. The fourth-order valence-electron chi connectivity index (χ4n) is 5.47. The molecule has 0 aliphatic rings. The summed E-state index contributed by atoms with van der Waals surface area (Å²) in [4.78, 5) is 12.8. The molecule has 1 aromatic heterocycles. The summed E-state index contributed by atoms with van der Waals surface area (Å²) in [6, 6.07) is 39.3. The second kappa shape index (κ2) is 11.5. The lowest BCUT2D eigenvalue weighted by atomic mass is 9.76. The number of nitrogens with zero attached hydrogens (tertiary/aromatic N) is 3. The summed E-state index contributed by atoms with van der Waals surface area (Å²) in [5.74, 6) is -0.586. The molecular weight excluding hydrogens is 558 g/mol. The van der Waals surface area contributed by atoms with Crippen molar-refractivity contribution < 1.29 is 9.53 Å². The smallest absolute Gasteiger partial charge is 0.339 e. The van der Waals surface area contributed by atoms with Gasteiger partial charge < -0.3 is 10.1 Å². The highest BCUT2D eigenvalue weighted by molar-refractivity contribution is 6.34. The number of carbonyl (C=O) groups excluding carboxylic acids is 1. The van der Waals surface area contributed by atoms with E-state index in [0.717, 1.165) is 27.7 Å². The van der Waals surface area contributed by atoms with Gasteiger partial charge in [0.15, 0.2) is 0 Å². The van der Waals surface area contributed by atoms with E-state index < -0.39 is 11.5 Å². The normalized spacial score (nSPS) is 11.3. The first-order valence-electron chi connectivity index (χ1n) is 13.7. The summed E-state index contributed by atoms with van der Waals surface area (Å²) in [5.41, 5.74) is 5.62. The molecule has 6 rings (SSSR count). The topological polar surface area (TPSA) is 92.9 Å². The van der Waals surface area contributed by atoms with Crippen LogP contribution >= 0.6 is 11.6 Å². The maximum absolute atomic E-state index is 12.8. The lowest BCUT2D eigenvalue weighted by Gasteiger charge is -2.38. The third-order valence-electron chi connectivity index (χ3n) is 7.62. The minimum absolute atomic E-state index is 0.169. The van der Waals surface area contributed by atoms with Gasteiger partial charge in [-0.05, 0) is 41.0 Å². The van der Waals surface area contributed by atoms with Crippen LogP contribution in [0.3, 0.4) is 0 Å². The van der Waals surface area contributed by atoms with Gasteiger partial charge in [0.1, 0.15) is 11.1 Å². The average Bonchev–Trinajstić information content (AvgIpc) is 3.43. The van der Waals surface area contributed by atoms with Crippen LogP contribution in [-0.4, -0.2) is 33.8 Å². The van der Waals surface area contributed by atoms with Crippen LogP contribution in [0.5, 0.6) is 0 Å². The molecule has 0 unspecified atom stereocenters. The minimum atomic E-state index is -0.884. The molecule has 0 fully saturated rings. The van der Waals surface area contributed by atoms with Crippen molar-refractivity contribution in [1.82, 2.24) is 15.0 Å². The van der Waals surface area contributed by atoms with E-state index in [1.807, 2.05) is 72.8 Å². The van der Waals surface area contributed by atoms with Gasteiger partial charge in [-0.1, -0.05) is 114 Å². The van der Waals surface area contributed by atoms with Crippen LogP contribution in [0.2, 0.25) is 5.02 Å². The van der Waals surface area contributed by atoms with Crippen molar-refractivity contribution in [2.24, 2.45) is 7.05 Å². The number of aryl methyl sites for hydroxylation is 1. The van der Waals surface area contributed by atoms with Gasteiger partial charge in [0.2, 0.25) is 0 Å². The van der Waals surface area contributed by atoms with Gasteiger partial charge in [0.25, 0.3) is 0 Å². The van der Waals surface area contributed by atoms with Crippen LogP contribution < -0.4 is 5.32 Å². The van der Waals surface area contributed by atoms with Crippen molar-refractivity contribution in [3.05, 3.63) is 160 Å². The van der Waals surface area contributed by atoms with Crippen LogP contribution in [0.15, 0.2) is 121 Å². The largest absolute Gasteiger partial charge is 0.465 e. The first-order chi connectivity index (χ1) is 20.9. The third-order valence-corrected chi connectivity index (χ3v) is 7.94. The van der Waals surface area contributed by atoms with Gasteiger partial charge in [-0.3, -0.25) is 5.41 Å². The molecule has 0 radical (unpaired) electrons. The molecule has 5 aromatic carbocycles. The first kappa shape index (κ1) is 27.9. The van der Waals surface area contributed by atoms with Crippen molar-refractivity contribution in [2.75, 3.05) is 12.4 Å². The second-order valence-electron chi connectivity index (χ2n) is 10.1. The Morgan fingerprint density at radius 3 is 1.91 bits per heavy atom. The number of hydrogen-bond donors (Lipinski definition) is 2.